The zero-order valence-corrected chi connectivity index (χ0v) is 15.7. The number of hydrogen-bond donors (Lipinski definition) is 1. The summed E-state index contributed by atoms with van der Waals surface area (Å²) in [7, 11) is 1.32. The molecule has 1 saturated carbocycles. The third-order valence-corrected chi connectivity index (χ3v) is 5.70. The number of amides is 1. The summed E-state index contributed by atoms with van der Waals surface area (Å²) < 4.78 is 6.34. The van der Waals surface area contributed by atoms with Gasteiger partial charge in [0.1, 0.15) is 11.9 Å². The van der Waals surface area contributed by atoms with Crippen LogP contribution in [0.1, 0.15) is 60.8 Å². The van der Waals surface area contributed by atoms with E-state index in [1.54, 1.807) is 4.68 Å². The summed E-state index contributed by atoms with van der Waals surface area (Å²) in [5, 5.41) is 14.6. The van der Waals surface area contributed by atoms with E-state index in [0.29, 0.717) is 24.4 Å². The topological polar surface area (TPSA) is 112 Å². The van der Waals surface area contributed by atoms with Crippen molar-refractivity contribution in [1.29, 1.82) is 0 Å². The summed E-state index contributed by atoms with van der Waals surface area (Å²) in [5.41, 5.74) is -0.543. The van der Waals surface area contributed by atoms with Gasteiger partial charge in [-0.1, -0.05) is 32.6 Å². The largest absolute Gasteiger partial charge is 0.464 e. The Morgan fingerprint density at radius 3 is 2.73 bits per heavy atom. The van der Waals surface area contributed by atoms with Crippen LogP contribution in [0.25, 0.3) is 0 Å². The number of ether oxygens (including phenoxy) is 1. The van der Waals surface area contributed by atoms with E-state index >= 15 is 0 Å². The average Bonchev–Trinajstić information content (AvgIpc) is 3.32. The molecule has 2 heterocycles. The first-order valence-electron chi connectivity index (χ1n) is 8.73. The standard InChI is InChI=1S/C16H22N6O3S/c1-3-7-11-12(13(23)25-2)18-15(26-11)19-14(24)16(8-5-4-6-9-16)22-10-17-20-21-22/h10H,3-9H2,1-2H3,(H,18,19,24). The molecule has 2 aromatic rings. The van der Waals surface area contributed by atoms with E-state index < -0.39 is 11.5 Å². The van der Waals surface area contributed by atoms with Gasteiger partial charge in [-0.05, 0) is 29.7 Å². The second kappa shape index (κ2) is 7.90. The van der Waals surface area contributed by atoms with Gasteiger partial charge >= 0.3 is 5.97 Å². The van der Waals surface area contributed by atoms with E-state index in [-0.39, 0.29) is 11.6 Å². The van der Waals surface area contributed by atoms with Crippen LogP contribution in [0.15, 0.2) is 6.33 Å². The van der Waals surface area contributed by atoms with Gasteiger partial charge in [-0.3, -0.25) is 10.1 Å². The molecule has 0 radical (unpaired) electrons. The van der Waals surface area contributed by atoms with Crippen LogP contribution in [0, 0.1) is 0 Å². The number of tetrazole rings is 1. The fraction of sp³-hybridized carbons (Fsp3) is 0.625. The van der Waals surface area contributed by atoms with Gasteiger partial charge in [-0.15, -0.1) is 16.4 Å². The van der Waals surface area contributed by atoms with Gasteiger partial charge in [0.15, 0.2) is 10.8 Å². The highest BCUT2D eigenvalue weighted by molar-refractivity contribution is 7.16. The molecule has 0 atom stereocenters. The first kappa shape index (κ1) is 18.4. The fourth-order valence-corrected chi connectivity index (χ4v) is 4.37. The molecule has 3 rings (SSSR count). The molecule has 0 aliphatic heterocycles. The zero-order valence-electron chi connectivity index (χ0n) is 14.9. The third-order valence-electron chi connectivity index (χ3n) is 4.66. The van der Waals surface area contributed by atoms with Crippen LogP contribution in [-0.4, -0.2) is 44.2 Å². The minimum atomic E-state index is -0.816. The van der Waals surface area contributed by atoms with Crippen LogP contribution in [0.5, 0.6) is 0 Å². The Morgan fingerprint density at radius 1 is 1.35 bits per heavy atom. The first-order chi connectivity index (χ1) is 12.6. The van der Waals surface area contributed by atoms with E-state index in [1.807, 2.05) is 6.92 Å². The van der Waals surface area contributed by atoms with E-state index in [4.69, 9.17) is 4.74 Å². The summed E-state index contributed by atoms with van der Waals surface area (Å²) in [6, 6.07) is 0. The maximum Gasteiger partial charge on any atom is 0.357 e. The quantitative estimate of drug-likeness (QED) is 0.767. The van der Waals surface area contributed by atoms with Crippen molar-refractivity contribution >= 4 is 28.3 Å². The Balaban J connectivity index is 1.87. The van der Waals surface area contributed by atoms with Gasteiger partial charge in [0.05, 0.1) is 7.11 Å². The van der Waals surface area contributed by atoms with Crippen LogP contribution in [-0.2, 0) is 21.5 Å². The number of rotatable bonds is 6. The molecule has 1 amide bonds. The van der Waals surface area contributed by atoms with Crippen molar-refractivity contribution < 1.29 is 14.3 Å². The Morgan fingerprint density at radius 2 is 2.12 bits per heavy atom. The second-order valence-electron chi connectivity index (χ2n) is 6.33. The number of nitrogens with zero attached hydrogens (tertiary/aromatic N) is 5. The molecule has 2 aromatic heterocycles. The number of anilines is 1. The van der Waals surface area contributed by atoms with Gasteiger partial charge in [0, 0.05) is 4.88 Å². The Hall–Kier alpha value is -2.36. The maximum absolute atomic E-state index is 13.1. The molecule has 0 spiro atoms. The number of nitrogens with one attached hydrogen (secondary N) is 1. The fourth-order valence-electron chi connectivity index (χ4n) is 3.33. The molecule has 10 heteroatoms. The summed E-state index contributed by atoms with van der Waals surface area (Å²) in [4.78, 5) is 30.2. The number of esters is 1. The van der Waals surface area contributed by atoms with Crippen molar-refractivity contribution in [2.24, 2.45) is 0 Å². The molecule has 9 nitrogen and oxygen atoms in total. The predicted octanol–water partition coefficient (Wildman–Crippen LogP) is 2.17. The van der Waals surface area contributed by atoms with Crippen molar-refractivity contribution in [3.05, 3.63) is 16.9 Å². The Labute approximate surface area is 155 Å². The maximum atomic E-state index is 13.1. The molecular formula is C16H22N6O3S. The van der Waals surface area contributed by atoms with E-state index in [1.165, 1.54) is 24.8 Å². The molecule has 0 unspecified atom stereocenters. The highest BCUT2D eigenvalue weighted by Crippen LogP contribution is 2.36. The van der Waals surface area contributed by atoms with Gasteiger partial charge in [0.25, 0.3) is 5.91 Å². The number of thiazole rings is 1. The molecule has 0 bridgehead atoms. The summed E-state index contributed by atoms with van der Waals surface area (Å²) in [6.07, 6.45) is 7.34. The van der Waals surface area contributed by atoms with Gasteiger partial charge in [0.2, 0.25) is 0 Å². The second-order valence-corrected chi connectivity index (χ2v) is 7.42. The summed E-state index contributed by atoms with van der Waals surface area (Å²) >= 11 is 1.31. The van der Waals surface area contributed by atoms with Crippen molar-refractivity contribution in [2.45, 2.75) is 57.4 Å². The van der Waals surface area contributed by atoms with Crippen molar-refractivity contribution in [3.8, 4) is 0 Å². The van der Waals surface area contributed by atoms with E-state index in [0.717, 1.165) is 30.6 Å². The number of carbonyl (C=O) groups is 2. The van der Waals surface area contributed by atoms with Crippen molar-refractivity contribution in [3.63, 3.8) is 0 Å². The SMILES string of the molecule is CCCc1sc(NC(=O)C2(n3cnnn3)CCCCC2)nc1C(=O)OC. The van der Waals surface area contributed by atoms with Crippen LogP contribution in [0.3, 0.4) is 0 Å². The number of aryl methyl sites for hydroxylation is 1. The Bertz CT molecular complexity index is 767. The Kier molecular flexibility index (Phi) is 5.60. The minimum absolute atomic E-state index is 0.197. The average molecular weight is 378 g/mol. The normalized spacial score (nSPS) is 16.2. The number of aromatic nitrogens is 5. The third kappa shape index (κ3) is 3.46. The molecule has 26 heavy (non-hydrogen) atoms. The van der Waals surface area contributed by atoms with Crippen LogP contribution in [0.4, 0.5) is 5.13 Å². The van der Waals surface area contributed by atoms with Crippen molar-refractivity contribution in [2.75, 3.05) is 12.4 Å². The summed E-state index contributed by atoms with van der Waals surface area (Å²) in [5.74, 6) is -0.684. The number of carbonyl (C=O) groups excluding carboxylic acids is 2. The summed E-state index contributed by atoms with van der Waals surface area (Å²) in [6.45, 7) is 2.02. The van der Waals surface area contributed by atoms with Gasteiger partial charge in [-0.25, -0.2) is 14.5 Å². The van der Waals surface area contributed by atoms with Crippen molar-refractivity contribution in [1.82, 2.24) is 25.2 Å². The van der Waals surface area contributed by atoms with Crippen LogP contribution >= 0.6 is 11.3 Å². The zero-order chi connectivity index (χ0) is 18.6. The predicted molar refractivity (Wildman–Crippen MR) is 95.0 cm³/mol. The van der Waals surface area contributed by atoms with E-state index in [9.17, 15) is 9.59 Å². The lowest BCUT2D eigenvalue weighted by molar-refractivity contribution is -0.126. The molecule has 140 valence electrons. The van der Waals surface area contributed by atoms with E-state index in [2.05, 4.69) is 25.8 Å². The van der Waals surface area contributed by atoms with Gasteiger partial charge in [-0.2, -0.15) is 0 Å². The molecule has 1 fully saturated rings. The molecule has 1 aliphatic rings. The lowest BCUT2D eigenvalue weighted by atomic mass is 9.81. The molecule has 1 N–H and O–H groups in total. The lowest BCUT2D eigenvalue weighted by Crippen LogP contribution is -2.47. The number of methoxy groups -OCH3 is 1. The first-order valence-corrected chi connectivity index (χ1v) is 9.55. The molecule has 1 aliphatic carbocycles. The minimum Gasteiger partial charge on any atom is -0.464 e. The van der Waals surface area contributed by atoms with Crippen LogP contribution < -0.4 is 5.32 Å². The molecule has 0 saturated heterocycles. The number of hydrogen-bond acceptors (Lipinski definition) is 8. The highest BCUT2D eigenvalue weighted by Gasteiger charge is 2.43. The molecule has 0 aromatic carbocycles. The molecular weight excluding hydrogens is 356 g/mol. The monoisotopic (exact) mass is 378 g/mol. The highest BCUT2D eigenvalue weighted by atomic mass is 32.1. The van der Waals surface area contributed by atoms with Crippen LogP contribution in [0.2, 0.25) is 0 Å². The van der Waals surface area contributed by atoms with Gasteiger partial charge < -0.3 is 4.74 Å². The lowest BCUT2D eigenvalue weighted by Gasteiger charge is -2.34. The smallest absolute Gasteiger partial charge is 0.357 e.